The second kappa shape index (κ2) is 2.43. The van der Waals surface area contributed by atoms with Gasteiger partial charge in [0.15, 0.2) is 6.21 Å². The summed E-state index contributed by atoms with van der Waals surface area (Å²) in [6.07, 6.45) is 3.92. The second-order valence-corrected chi connectivity index (χ2v) is 2.56. The summed E-state index contributed by atoms with van der Waals surface area (Å²) in [5.74, 6) is 1.01. The number of hydrogen-bond acceptors (Lipinski definition) is 2. The van der Waals surface area contributed by atoms with Crippen LogP contribution in [0.2, 0.25) is 0 Å². The predicted octanol–water partition coefficient (Wildman–Crippen LogP) is 0.149. The molecule has 0 saturated carbocycles. The average Bonchev–Trinajstić information content (AvgIpc) is 2.50. The molecule has 0 atom stereocenters. The maximum Gasteiger partial charge on any atom is 0.323 e. The van der Waals surface area contributed by atoms with Crippen LogP contribution >= 0.6 is 0 Å². The molecule has 1 aliphatic rings. The quantitative estimate of drug-likeness (QED) is 0.566. The van der Waals surface area contributed by atoms with Gasteiger partial charge in [-0.05, 0) is 11.6 Å². The minimum atomic E-state index is 0.587. The van der Waals surface area contributed by atoms with Crippen LogP contribution in [-0.4, -0.2) is 6.21 Å². The van der Waals surface area contributed by atoms with E-state index in [-0.39, 0.29) is 0 Å². The van der Waals surface area contributed by atoms with Gasteiger partial charge < -0.3 is 5.73 Å². The third-order valence-corrected chi connectivity index (χ3v) is 1.81. The lowest BCUT2D eigenvalue weighted by Gasteiger charge is -1.95. The second-order valence-electron chi connectivity index (χ2n) is 2.56. The lowest BCUT2D eigenvalue weighted by Crippen LogP contribution is -2.30. The molecule has 0 bridgehead atoms. The maximum atomic E-state index is 5.48. The standard InChI is InChI=1S/C8H10N3/c9-6-7-1-3-11-4-2-10-8(11)5-7/h1-3,5H,4,6,9H2/q+1. The summed E-state index contributed by atoms with van der Waals surface area (Å²) < 4.78 is 2.08. The van der Waals surface area contributed by atoms with Gasteiger partial charge in [0.2, 0.25) is 0 Å². The Kier molecular flexibility index (Phi) is 1.43. The molecule has 11 heavy (non-hydrogen) atoms. The fraction of sp³-hybridized carbons (Fsp3) is 0.250. The zero-order valence-electron chi connectivity index (χ0n) is 6.20. The molecule has 2 rings (SSSR count). The van der Waals surface area contributed by atoms with Crippen LogP contribution < -0.4 is 10.3 Å². The van der Waals surface area contributed by atoms with E-state index in [0.717, 1.165) is 17.9 Å². The first-order valence-electron chi connectivity index (χ1n) is 3.65. The fourth-order valence-corrected chi connectivity index (χ4v) is 1.17. The number of nitrogens with zero attached hydrogens (tertiary/aromatic N) is 2. The minimum absolute atomic E-state index is 0.587. The zero-order valence-corrected chi connectivity index (χ0v) is 6.20. The van der Waals surface area contributed by atoms with Crippen LogP contribution in [0.3, 0.4) is 0 Å². The molecule has 1 aromatic heterocycles. The molecule has 0 radical (unpaired) electrons. The number of nitrogens with two attached hydrogens (primary N) is 1. The normalized spacial score (nSPS) is 13.5. The summed E-state index contributed by atoms with van der Waals surface area (Å²) in [5, 5.41) is 0. The number of pyridine rings is 1. The first kappa shape index (κ1) is 6.49. The Morgan fingerprint density at radius 3 is 3.36 bits per heavy atom. The smallest absolute Gasteiger partial charge is 0.323 e. The zero-order chi connectivity index (χ0) is 7.68. The first-order chi connectivity index (χ1) is 5.40. The molecule has 1 aliphatic heterocycles. The van der Waals surface area contributed by atoms with Crippen molar-refractivity contribution in [2.45, 2.75) is 13.1 Å². The molecule has 0 saturated heterocycles. The Bertz CT molecular complexity index is 304. The molecule has 1 aromatic rings. The van der Waals surface area contributed by atoms with Gasteiger partial charge in [-0.25, -0.2) is 4.57 Å². The predicted molar refractivity (Wildman–Crippen MR) is 42.7 cm³/mol. The molecule has 56 valence electrons. The van der Waals surface area contributed by atoms with Crippen molar-refractivity contribution >= 4 is 12.0 Å². The van der Waals surface area contributed by atoms with Gasteiger partial charge in [-0.3, -0.25) is 0 Å². The summed E-state index contributed by atoms with van der Waals surface area (Å²) in [5.41, 5.74) is 6.62. The van der Waals surface area contributed by atoms with Gasteiger partial charge >= 0.3 is 5.82 Å². The number of aliphatic imine (C=N–C) groups is 1. The number of fused-ring (bicyclic) bond motifs is 1. The largest absolute Gasteiger partial charge is 0.326 e. The Morgan fingerprint density at radius 2 is 2.55 bits per heavy atom. The lowest BCUT2D eigenvalue weighted by molar-refractivity contribution is -0.663. The summed E-state index contributed by atoms with van der Waals surface area (Å²) in [7, 11) is 0. The fourth-order valence-electron chi connectivity index (χ4n) is 1.17. The highest BCUT2D eigenvalue weighted by atomic mass is 15.1. The van der Waals surface area contributed by atoms with Crippen LogP contribution in [0.1, 0.15) is 5.56 Å². The molecule has 0 amide bonds. The SMILES string of the molecule is NCc1cc[n+]2c(c1)N=CC2. The molecule has 3 heteroatoms. The van der Waals surface area contributed by atoms with Crippen molar-refractivity contribution in [1.29, 1.82) is 0 Å². The Balaban J connectivity index is 2.47. The summed E-state index contributed by atoms with van der Waals surface area (Å²) in [6, 6.07) is 4.04. The van der Waals surface area contributed by atoms with Crippen LogP contribution in [0.4, 0.5) is 5.82 Å². The van der Waals surface area contributed by atoms with Crippen molar-refractivity contribution in [3.8, 4) is 0 Å². The molecule has 2 heterocycles. The van der Waals surface area contributed by atoms with Gasteiger partial charge in [-0.15, -0.1) is 0 Å². The molecule has 0 unspecified atom stereocenters. The highest BCUT2D eigenvalue weighted by molar-refractivity contribution is 5.62. The van der Waals surface area contributed by atoms with Gasteiger partial charge in [-0.2, -0.15) is 0 Å². The third kappa shape index (κ3) is 1.03. The van der Waals surface area contributed by atoms with Crippen LogP contribution in [0.5, 0.6) is 0 Å². The number of hydrogen-bond donors (Lipinski definition) is 1. The number of aromatic nitrogens is 1. The van der Waals surface area contributed by atoms with E-state index >= 15 is 0 Å². The Labute approximate surface area is 65.2 Å². The van der Waals surface area contributed by atoms with Crippen LogP contribution in [0.15, 0.2) is 23.3 Å². The molecule has 0 fully saturated rings. The van der Waals surface area contributed by atoms with E-state index in [1.54, 1.807) is 0 Å². The van der Waals surface area contributed by atoms with Crippen LogP contribution in [0, 0.1) is 0 Å². The molecular formula is C8H10N3+. The van der Waals surface area contributed by atoms with Gasteiger partial charge in [0.1, 0.15) is 6.54 Å². The van der Waals surface area contributed by atoms with E-state index in [9.17, 15) is 0 Å². The van der Waals surface area contributed by atoms with Gasteiger partial charge in [-0.1, -0.05) is 4.99 Å². The van der Waals surface area contributed by atoms with Gasteiger partial charge in [0.25, 0.3) is 0 Å². The van der Waals surface area contributed by atoms with E-state index in [1.807, 2.05) is 24.5 Å². The third-order valence-electron chi connectivity index (χ3n) is 1.81. The van der Waals surface area contributed by atoms with Gasteiger partial charge in [0.05, 0.1) is 6.20 Å². The van der Waals surface area contributed by atoms with E-state index < -0.39 is 0 Å². The number of rotatable bonds is 1. The van der Waals surface area contributed by atoms with Crippen molar-refractivity contribution in [3.05, 3.63) is 23.9 Å². The molecule has 0 aromatic carbocycles. The van der Waals surface area contributed by atoms with Crippen LogP contribution in [-0.2, 0) is 13.1 Å². The van der Waals surface area contributed by atoms with E-state index in [1.165, 1.54) is 0 Å². The Morgan fingerprint density at radius 1 is 1.64 bits per heavy atom. The van der Waals surface area contributed by atoms with Crippen molar-refractivity contribution in [1.82, 2.24) is 0 Å². The molecule has 3 nitrogen and oxygen atoms in total. The van der Waals surface area contributed by atoms with Gasteiger partial charge in [0, 0.05) is 12.6 Å². The minimum Gasteiger partial charge on any atom is -0.326 e. The summed E-state index contributed by atoms with van der Waals surface area (Å²) >= 11 is 0. The molecule has 2 N–H and O–H groups in total. The highest BCUT2D eigenvalue weighted by Crippen LogP contribution is 2.09. The van der Waals surface area contributed by atoms with E-state index in [4.69, 9.17) is 5.73 Å². The van der Waals surface area contributed by atoms with Crippen molar-refractivity contribution in [2.75, 3.05) is 0 Å². The molecule has 0 aliphatic carbocycles. The average molecular weight is 148 g/mol. The van der Waals surface area contributed by atoms with Crippen molar-refractivity contribution < 1.29 is 4.57 Å². The maximum absolute atomic E-state index is 5.48. The van der Waals surface area contributed by atoms with Crippen molar-refractivity contribution in [3.63, 3.8) is 0 Å². The summed E-state index contributed by atoms with van der Waals surface area (Å²) in [4.78, 5) is 4.19. The lowest BCUT2D eigenvalue weighted by atomic mass is 10.2. The molecule has 0 spiro atoms. The van der Waals surface area contributed by atoms with Crippen LogP contribution in [0.25, 0.3) is 0 Å². The molecular weight excluding hydrogens is 138 g/mol. The topological polar surface area (TPSA) is 42.3 Å². The first-order valence-corrected chi connectivity index (χ1v) is 3.65. The van der Waals surface area contributed by atoms with E-state index in [2.05, 4.69) is 9.56 Å². The Hall–Kier alpha value is -1.22. The van der Waals surface area contributed by atoms with E-state index in [0.29, 0.717) is 6.54 Å². The highest BCUT2D eigenvalue weighted by Gasteiger charge is 2.13. The monoisotopic (exact) mass is 148 g/mol. The summed E-state index contributed by atoms with van der Waals surface area (Å²) in [6.45, 7) is 1.48. The van der Waals surface area contributed by atoms with Crippen molar-refractivity contribution in [2.24, 2.45) is 10.7 Å².